The van der Waals surface area contributed by atoms with Crippen LogP contribution in [0.2, 0.25) is 0 Å². The molecule has 26 heavy (non-hydrogen) atoms. The highest BCUT2D eigenvalue weighted by Gasteiger charge is 2.08. The van der Waals surface area contributed by atoms with Crippen LogP contribution < -0.4 is 15.4 Å². The number of aromatic nitrogens is 3. The topological polar surface area (TPSA) is 87.2 Å². The molecule has 142 valence electrons. The van der Waals surface area contributed by atoms with Gasteiger partial charge in [-0.25, -0.2) is 9.98 Å². The molecule has 3 N–H and O–H groups in total. The average Bonchev–Trinajstić information content (AvgIpc) is 3.16. The van der Waals surface area contributed by atoms with Gasteiger partial charge in [0, 0.05) is 18.7 Å². The van der Waals surface area contributed by atoms with Crippen molar-refractivity contribution in [1.82, 2.24) is 25.8 Å². The van der Waals surface area contributed by atoms with Crippen molar-refractivity contribution in [2.24, 2.45) is 10.9 Å². The van der Waals surface area contributed by atoms with Crippen LogP contribution in [0, 0.1) is 5.92 Å². The van der Waals surface area contributed by atoms with Crippen molar-refractivity contribution < 1.29 is 4.74 Å². The normalized spacial score (nSPS) is 11.7. The van der Waals surface area contributed by atoms with Crippen molar-refractivity contribution >= 4 is 5.96 Å². The van der Waals surface area contributed by atoms with Gasteiger partial charge in [-0.3, -0.25) is 5.10 Å². The monoisotopic (exact) mass is 358 g/mol. The lowest BCUT2D eigenvalue weighted by atomic mass is 10.0. The molecule has 0 amide bonds. The molecule has 1 aromatic carbocycles. The zero-order valence-corrected chi connectivity index (χ0v) is 16.2. The Bertz CT molecular complexity index is 676. The Morgan fingerprint density at radius 1 is 1.15 bits per heavy atom. The van der Waals surface area contributed by atoms with Gasteiger partial charge in [0.05, 0.1) is 7.11 Å². The van der Waals surface area contributed by atoms with Crippen LogP contribution in [0.5, 0.6) is 5.75 Å². The molecule has 7 heteroatoms. The predicted molar refractivity (Wildman–Crippen MR) is 105 cm³/mol. The summed E-state index contributed by atoms with van der Waals surface area (Å²) in [6.45, 7) is 8.69. The molecule has 0 aliphatic rings. The summed E-state index contributed by atoms with van der Waals surface area (Å²) in [5.74, 6) is 3.67. The molecular weight excluding hydrogens is 328 g/mol. The molecule has 0 aliphatic carbocycles. The summed E-state index contributed by atoms with van der Waals surface area (Å²) in [4.78, 5) is 9.12. The van der Waals surface area contributed by atoms with Gasteiger partial charge in [-0.2, -0.15) is 5.10 Å². The van der Waals surface area contributed by atoms with E-state index in [0.29, 0.717) is 18.3 Å². The second-order valence-corrected chi connectivity index (χ2v) is 6.09. The van der Waals surface area contributed by atoms with E-state index in [1.165, 1.54) is 0 Å². The minimum Gasteiger partial charge on any atom is -0.497 e. The smallest absolute Gasteiger partial charge is 0.191 e. The summed E-state index contributed by atoms with van der Waals surface area (Å²) < 4.78 is 5.17. The number of H-pyrrole nitrogens is 1. The molecule has 1 aromatic heterocycles. The van der Waals surface area contributed by atoms with Gasteiger partial charge in [0.15, 0.2) is 11.8 Å². The molecule has 0 fully saturated rings. The van der Waals surface area contributed by atoms with E-state index in [4.69, 9.17) is 4.74 Å². The number of hydrogen-bond donors (Lipinski definition) is 3. The van der Waals surface area contributed by atoms with Crippen molar-refractivity contribution in [2.45, 2.75) is 40.2 Å². The Hall–Kier alpha value is -2.57. The van der Waals surface area contributed by atoms with Crippen LogP contribution in [0.4, 0.5) is 0 Å². The number of benzene rings is 1. The third-order valence-electron chi connectivity index (χ3n) is 4.32. The molecule has 1 heterocycles. The number of ether oxygens (including phenoxy) is 1. The third kappa shape index (κ3) is 5.75. The van der Waals surface area contributed by atoms with Crippen LogP contribution in [0.3, 0.4) is 0 Å². The fraction of sp³-hybridized carbons (Fsp3) is 0.526. The van der Waals surface area contributed by atoms with Gasteiger partial charge >= 0.3 is 0 Å². The molecule has 0 bridgehead atoms. The highest BCUT2D eigenvalue weighted by atomic mass is 16.5. The minimum absolute atomic E-state index is 0.446. The van der Waals surface area contributed by atoms with Crippen LogP contribution in [-0.2, 0) is 6.54 Å². The van der Waals surface area contributed by atoms with E-state index >= 15 is 0 Å². The zero-order valence-electron chi connectivity index (χ0n) is 16.2. The molecular formula is C19H30N6O. The van der Waals surface area contributed by atoms with Gasteiger partial charge in [0.25, 0.3) is 0 Å². The average molecular weight is 358 g/mol. The van der Waals surface area contributed by atoms with Crippen molar-refractivity contribution in [2.75, 3.05) is 20.2 Å². The number of nitrogens with zero attached hydrogens (tertiary/aromatic N) is 3. The van der Waals surface area contributed by atoms with Crippen molar-refractivity contribution in [3.05, 3.63) is 30.1 Å². The Kier molecular flexibility index (Phi) is 7.92. The van der Waals surface area contributed by atoms with E-state index in [-0.39, 0.29) is 0 Å². The zero-order chi connectivity index (χ0) is 18.8. The van der Waals surface area contributed by atoms with Gasteiger partial charge < -0.3 is 15.4 Å². The molecule has 2 aromatic rings. The summed E-state index contributed by atoms with van der Waals surface area (Å²) in [6, 6.07) is 7.68. The van der Waals surface area contributed by atoms with E-state index in [1.54, 1.807) is 7.11 Å². The number of guanidine groups is 1. The highest BCUT2D eigenvalue weighted by molar-refractivity contribution is 5.79. The van der Waals surface area contributed by atoms with Crippen LogP contribution in [-0.4, -0.2) is 41.3 Å². The predicted octanol–water partition coefficient (Wildman–Crippen LogP) is 2.97. The quantitative estimate of drug-likeness (QED) is 0.474. The van der Waals surface area contributed by atoms with Crippen molar-refractivity contribution in [3.63, 3.8) is 0 Å². The molecule has 2 rings (SSSR count). The second kappa shape index (κ2) is 10.4. The van der Waals surface area contributed by atoms with Gasteiger partial charge in [-0.1, -0.05) is 26.7 Å². The van der Waals surface area contributed by atoms with Crippen molar-refractivity contribution in [3.8, 4) is 17.1 Å². The molecule has 0 radical (unpaired) electrons. The number of aromatic amines is 1. The fourth-order valence-electron chi connectivity index (χ4n) is 2.55. The standard InChI is InChI=1S/C19H30N6O/c1-5-14(6-2)12-21-19(20-7-3)22-13-17-23-18(25-24-17)15-8-10-16(26-4)11-9-15/h8-11,14H,5-7,12-13H2,1-4H3,(H2,20,21,22)(H,23,24,25). The van der Waals surface area contributed by atoms with Crippen LogP contribution in [0.25, 0.3) is 11.4 Å². The van der Waals surface area contributed by atoms with Gasteiger partial charge in [0.1, 0.15) is 18.1 Å². The van der Waals surface area contributed by atoms with Gasteiger partial charge in [0.2, 0.25) is 0 Å². The highest BCUT2D eigenvalue weighted by Crippen LogP contribution is 2.19. The van der Waals surface area contributed by atoms with Crippen LogP contribution in [0.1, 0.15) is 39.4 Å². The summed E-state index contributed by atoms with van der Waals surface area (Å²) in [5.41, 5.74) is 0.941. The van der Waals surface area contributed by atoms with E-state index in [2.05, 4.69) is 51.6 Å². The van der Waals surface area contributed by atoms with Crippen molar-refractivity contribution in [1.29, 1.82) is 0 Å². The lowest BCUT2D eigenvalue weighted by Gasteiger charge is -2.16. The number of nitrogens with one attached hydrogen (secondary N) is 3. The molecule has 0 aliphatic heterocycles. The van der Waals surface area contributed by atoms with E-state index < -0.39 is 0 Å². The summed E-state index contributed by atoms with van der Waals surface area (Å²) in [5, 5.41) is 13.9. The first-order valence-electron chi connectivity index (χ1n) is 9.27. The SMILES string of the molecule is CCNC(=NCc1nc(-c2ccc(OC)cc2)n[nH]1)NCC(CC)CC. The summed E-state index contributed by atoms with van der Waals surface area (Å²) in [6.07, 6.45) is 2.33. The lowest BCUT2D eigenvalue weighted by molar-refractivity contribution is 0.415. The van der Waals surface area contributed by atoms with Gasteiger partial charge in [-0.05, 0) is 37.1 Å². The molecule has 0 spiro atoms. The lowest BCUT2D eigenvalue weighted by Crippen LogP contribution is -2.39. The minimum atomic E-state index is 0.446. The first-order valence-corrected chi connectivity index (χ1v) is 9.27. The number of methoxy groups -OCH3 is 1. The Morgan fingerprint density at radius 3 is 2.50 bits per heavy atom. The Balaban J connectivity index is 1.99. The van der Waals surface area contributed by atoms with Crippen LogP contribution in [0.15, 0.2) is 29.3 Å². The fourth-order valence-corrected chi connectivity index (χ4v) is 2.55. The number of aliphatic imine (C=N–C) groups is 1. The van der Waals surface area contributed by atoms with E-state index in [1.807, 2.05) is 24.3 Å². The molecule has 0 saturated carbocycles. The van der Waals surface area contributed by atoms with E-state index in [0.717, 1.165) is 49.0 Å². The first-order chi connectivity index (χ1) is 12.7. The number of hydrogen-bond acceptors (Lipinski definition) is 4. The first kappa shape index (κ1) is 19.8. The van der Waals surface area contributed by atoms with Crippen LogP contribution >= 0.6 is 0 Å². The maximum absolute atomic E-state index is 5.17. The van der Waals surface area contributed by atoms with E-state index in [9.17, 15) is 0 Å². The summed E-state index contributed by atoms with van der Waals surface area (Å²) in [7, 11) is 1.65. The van der Waals surface area contributed by atoms with Gasteiger partial charge in [-0.15, -0.1) is 0 Å². The molecule has 0 saturated heterocycles. The third-order valence-corrected chi connectivity index (χ3v) is 4.32. The Morgan fingerprint density at radius 2 is 1.88 bits per heavy atom. The maximum Gasteiger partial charge on any atom is 0.191 e. The maximum atomic E-state index is 5.17. The molecule has 0 atom stereocenters. The number of rotatable bonds is 9. The largest absolute Gasteiger partial charge is 0.497 e. The molecule has 0 unspecified atom stereocenters. The molecule has 7 nitrogen and oxygen atoms in total. The Labute approximate surface area is 155 Å². The second-order valence-electron chi connectivity index (χ2n) is 6.09. The summed E-state index contributed by atoms with van der Waals surface area (Å²) >= 11 is 0.